The van der Waals surface area contributed by atoms with Crippen LogP contribution in [0.5, 0.6) is 0 Å². The van der Waals surface area contributed by atoms with Gasteiger partial charge in [0.2, 0.25) is 0 Å². The summed E-state index contributed by atoms with van der Waals surface area (Å²) in [5.74, 6) is 0. The number of hydrogen-bond acceptors (Lipinski definition) is 2. The van der Waals surface area contributed by atoms with Gasteiger partial charge in [0.15, 0.2) is 0 Å². The van der Waals surface area contributed by atoms with Gasteiger partial charge in [-0.1, -0.05) is 38.3 Å². The molecule has 1 N–H and O–H groups in total. The quantitative estimate of drug-likeness (QED) is 0.375. The first-order valence-electron chi connectivity index (χ1n) is 4.81. The van der Waals surface area contributed by atoms with Gasteiger partial charge in [-0.2, -0.15) is 0 Å². The molecule has 70 valence electrons. The molecular formula is C10H18O2. The van der Waals surface area contributed by atoms with Gasteiger partial charge in [-0.25, -0.2) is 0 Å². The topological polar surface area (TPSA) is 32.8 Å². The number of ether oxygens (including phenoxy) is 1. The summed E-state index contributed by atoms with van der Waals surface area (Å²) in [7, 11) is 0. The SMILES string of the molecule is CCCCCC1OC1C=CCO. The second kappa shape index (κ2) is 5.33. The zero-order chi connectivity index (χ0) is 8.81. The fourth-order valence-corrected chi connectivity index (χ4v) is 1.35. The lowest BCUT2D eigenvalue weighted by atomic mass is 10.1. The van der Waals surface area contributed by atoms with Crippen LogP contribution < -0.4 is 0 Å². The third-order valence-electron chi connectivity index (χ3n) is 2.15. The molecule has 1 rings (SSSR count). The van der Waals surface area contributed by atoms with Crippen LogP contribution in [0.1, 0.15) is 32.6 Å². The van der Waals surface area contributed by atoms with E-state index >= 15 is 0 Å². The van der Waals surface area contributed by atoms with E-state index in [9.17, 15) is 0 Å². The lowest BCUT2D eigenvalue weighted by molar-refractivity contribution is 0.340. The van der Waals surface area contributed by atoms with Crippen molar-refractivity contribution in [1.29, 1.82) is 0 Å². The molecule has 1 saturated heterocycles. The van der Waals surface area contributed by atoms with Crippen molar-refractivity contribution in [3.63, 3.8) is 0 Å². The van der Waals surface area contributed by atoms with Crippen molar-refractivity contribution < 1.29 is 9.84 Å². The Morgan fingerprint density at radius 2 is 2.25 bits per heavy atom. The first kappa shape index (κ1) is 9.75. The Balaban J connectivity index is 1.97. The summed E-state index contributed by atoms with van der Waals surface area (Å²) >= 11 is 0. The molecule has 0 aliphatic carbocycles. The number of hydrogen-bond donors (Lipinski definition) is 1. The summed E-state index contributed by atoms with van der Waals surface area (Å²) in [4.78, 5) is 0. The van der Waals surface area contributed by atoms with E-state index < -0.39 is 0 Å². The normalized spacial score (nSPS) is 28.2. The van der Waals surface area contributed by atoms with Crippen molar-refractivity contribution in [2.45, 2.75) is 44.8 Å². The molecule has 1 fully saturated rings. The molecule has 2 heteroatoms. The number of epoxide rings is 1. The van der Waals surface area contributed by atoms with Crippen molar-refractivity contribution >= 4 is 0 Å². The molecule has 12 heavy (non-hydrogen) atoms. The summed E-state index contributed by atoms with van der Waals surface area (Å²) in [6.45, 7) is 2.33. The number of aliphatic hydroxyl groups is 1. The highest BCUT2D eigenvalue weighted by Gasteiger charge is 2.35. The average molecular weight is 170 g/mol. The van der Waals surface area contributed by atoms with Gasteiger partial charge in [0.25, 0.3) is 0 Å². The maximum absolute atomic E-state index is 8.50. The van der Waals surface area contributed by atoms with Crippen molar-refractivity contribution in [2.24, 2.45) is 0 Å². The summed E-state index contributed by atoms with van der Waals surface area (Å²) in [6.07, 6.45) is 9.47. The number of unbranched alkanes of at least 4 members (excludes halogenated alkanes) is 2. The molecule has 2 atom stereocenters. The summed E-state index contributed by atoms with van der Waals surface area (Å²) in [6, 6.07) is 0. The van der Waals surface area contributed by atoms with E-state index in [-0.39, 0.29) is 6.61 Å². The van der Waals surface area contributed by atoms with Crippen LogP contribution in [-0.4, -0.2) is 23.9 Å². The summed E-state index contributed by atoms with van der Waals surface area (Å²) in [5, 5.41) is 8.50. The maximum atomic E-state index is 8.50. The van der Waals surface area contributed by atoms with E-state index in [2.05, 4.69) is 6.92 Å². The van der Waals surface area contributed by atoms with Gasteiger partial charge in [0.1, 0.15) is 6.10 Å². The standard InChI is InChI=1S/C10H18O2/c1-2-3-4-6-9-10(12-9)7-5-8-11/h5,7,9-11H,2-4,6,8H2,1H3. The first-order valence-corrected chi connectivity index (χ1v) is 4.81. The van der Waals surface area contributed by atoms with Crippen molar-refractivity contribution in [1.82, 2.24) is 0 Å². The summed E-state index contributed by atoms with van der Waals surface area (Å²) < 4.78 is 5.37. The minimum Gasteiger partial charge on any atom is -0.392 e. The minimum absolute atomic E-state index is 0.127. The number of rotatable bonds is 6. The monoisotopic (exact) mass is 170 g/mol. The highest BCUT2D eigenvalue weighted by Crippen LogP contribution is 2.28. The molecule has 0 radical (unpaired) electrons. The van der Waals surface area contributed by atoms with Crippen LogP contribution in [-0.2, 0) is 4.74 Å². The molecule has 2 nitrogen and oxygen atoms in total. The van der Waals surface area contributed by atoms with Gasteiger partial charge in [0, 0.05) is 0 Å². The van der Waals surface area contributed by atoms with Gasteiger partial charge in [-0.05, 0) is 6.42 Å². The fourth-order valence-electron chi connectivity index (χ4n) is 1.35. The molecule has 0 spiro atoms. The van der Waals surface area contributed by atoms with E-state index in [1.807, 2.05) is 6.08 Å². The maximum Gasteiger partial charge on any atom is 0.102 e. The Kier molecular flexibility index (Phi) is 4.33. The molecule has 0 amide bonds. The molecular weight excluding hydrogens is 152 g/mol. The smallest absolute Gasteiger partial charge is 0.102 e. The van der Waals surface area contributed by atoms with Gasteiger partial charge in [-0.15, -0.1) is 0 Å². The van der Waals surface area contributed by atoms with Crippen molar-refractivity contribution in [2.75, 3.05) is 6.61 Å². The number of aliphatic hydroxyl groups excluding tert-OH is 1. The second-order valence-corrected chi connectivity index (χ2v) is 3.25. The molecule has 1 aliphatic rings. The zero-order valence-corrected chi connectivity index (χ0v) is 7.70. The minimum atomic E-state index is 0.127. The zero-order valence-electron chi connectivity index (χ0n) is 7.70. The van der Waals surface area contributed by atoms with E-state index in [4.69, 9.17) is 9.84 Å². The molecule has 0 aromatic carbocycles. The van der Waals surface area contributed by atoms with E-state index in [1.54, 1.807) is 6.08 Å². The largest absolute Gasteiger partial charge is 0.392 e. The average Bonchev–Trinajstić information content (AvgIpc) is 2.81. The Morgan fingerprint density at radius 3 is 2.92 bits per heavy atom. The van der Waals surface area contributed by atoms with E-state index in [1.165, 1.54) is 25.7 Å². The predicted octanol–water partition coefficient (Wildman–Crippen LogP) is 1.88. The van der Waals surface area contributed by atoms with E-state index in [0.29, 0.717) is 12.2 Å². The molecule has 1 heterocycles. The lowest BCUT2D eigenvalue weighted by Gasteiger charge is -1.92. The van der Waals surface area contributed by atoms with Crippen LogP contribution in [0.25, 0.3) is 0 Å². The van der Waals surface area contributed by atoms with Crippen molar-refractivity contribution in [3.8, 4) is 0 Å². The second-order valence-electron chi connectivity index (χ2n) is 3.25. The predicted molar refractivity (Wildman–Crippen MR) is 49.0 cm³/mol. The van der Waals surface area contributed by atoms with Crippen LogP contribution in [0.2, 0.25) is 0 Å². The fraction of sp³-hybridized carbons (Fsp3) is 0.800. The van der Waals surface area contributed by atoms with Crippen LogP contribution in [0.15, 0.2) is 12.2 Å². The molecule has 1 aliphatic heterocycles. The Morgan fingerprint density at radius 1 is 1.42 bits per heavy atom. The van der Waals surface area contributed by atoms with E-state index in [0.717, 1.165) is 0 Å². The third kappa shape index (κ3) is 3.37. The Hall–Kier alpha value is -0.340. The molecule has 0 aromatic rings. The lowest BCUT2D eigenvalue weighted by Crippen LogP contribution is -1.90. The van der Waals surface area contributed by atoms with Crippen LogP contribution in [0.4, 0.5) is 0 Å². The van der Waals surface area contributed by atoms with Gasteiger partial charge >= 0.3 is 0 Å². The van der Waals surface area contributed by atoms with Crippen LogP contribution in [0, 0.1) is 0 Å². The molecule has 0 bridgehead atoms. The van der Waals surface area contributed by atoms with Gasteiger partial charge in [0.05, 0.1) is 12.7 Å². The molecule has 2 unspecified atom stereocenters. The van der Waals surface area contributed by atoms with Gasteiger partial charge < -0.3 is 9.84 Å². The first-order chi connectivity index (χ1) is 5.88. The highest BCUT2D eigenvalue weighted by molar-refractivity contribution is 5.02. The molecule has 0 aromatic heterocycles. The summed E-state index contributed by atoms with van der Waals surface area (Å²) in [5.41, 5.74) is 0. The highest BCUT2D eigenvalue weighted by atomic mass is 16.6. The molecule has 0 saturated carbocycles. The Labute approximate surface area is 74.2 Å². The van der Waals surface area contributed by atoms with Crippen LogP contribution >= 0.6 is 0 Å². The third-order valence-corrected chi connectivity index (χ3v) is 2.15. The van der Waals surface area contributed by atoms with Crippen LogP contribution in [0.3, 0.4) is 0 Å². The van der Waals surface area contributed by atoms with Gasteiger partial charge in [-0.3, -0.25) is 0 Å². The Bertz CT molecular complexity index is 143. The van der Waals surface area contributed by atoms with Crippen molar-refractivity contribution in [3.05, 3.63) is 12.2 Å².